The van der Waals surface area contributed by atoms with Crippen LogP contribution in [0, 0.1) is 21.3 Å². The van der Waals surface area contributed by atoms with Crippen molar-refractivity contribution in [2.24, 2.45) is 17.8 Å². The molecule has 2 aliphatic carbocycles. The first kappa shape index (κ1) is 14.8. The van der Waals surface area contributed by atoms with E-state index in [1.165, 1.54) is 47.7 Å². The second-order valence-electron chi connectivity index (χ2n) is 6.73. The van der Waals surface area contributed by atoms with E-state index >= 15 is 0 Å². The molecule has 3 rings (SSSR count). The Morgan fingerprint density at radius 3 is 2.60 bits per heavy atom. The fourth-order valence-electron chi connectivity index (χ4n) is 4.32. The number of nitrogens with one attached hydrogen (secondary N) is 1. The molecule has 110 valence electrons. The molecule has 0 radical (unpaired) electrons. The average molecular weight is 383 g/mol. The zero-order valence-electron chi connectivity index (χ0n) is 12.4. The third-order valence-electron chi connectivity index (χ3n) is 5.34. The summed E-state index contributed by atoms with van der Waals surface area (Å²) in [5, 5.41) is 3.79. The van der Waals surface area contributed by atoms with Crippen LogP contribution in [0.2, 0.25) is 0 Å². The summed E-state index contributed by atoms with van der Waals surface area (Å²) in [6, 6.07) is 9.70. The minimum atomic E-state index is 0.566. The van der Waals surface area contributed by atoms with E-state index < -0.39 is 0 Å². The van der Waals surface area contributed by atoms with Crippen LogP contribution in [0.25, 0.3) is 0 Å². The van der Waals surface area contributed by atoms with Gasteiger partial charge in [-0.3, -0.25) is 0 Å². The van der Waals surface area contributed by atoms with Gasteiger partial charge in [0.15, 0.2) is 0 Å². The van der Waals surface area contributed by atoms with Crippen molar-refractivity contribution in [1.82, 2.24) is 5.32 Å². The van der Waals surface area contributed by atoms with Crippen LogP contribution in [-0.2, 0) is 0 Å². The van der Waals surface area contributed by atoms with Crippen LogP contribution in [0.15, 0.2) is 24.3 Å². The predicted molar refractivity (Wildman–Crippen MR) is 93.7 cm³/mol. The second-order valence-corrected chi connectivity index (χ2v) is 7.97. The smallest absolute Gasteiger partial charge is 0.0322 e. The van der Waals surface area contributed by atoms with Gasteiger partial charge in [0.05, 0.1) is 0 Å². The van der Waals surface area contributed by atoms with Crippen molar-refractivity contribution in [2.45, 2.75) is 51.5 Å². The summed E-state index contributed by atoms with van der Waals surface area (Å²) in [6.45, 7) is 3.40. The molecule has 1 aromatic rings. The molecule has 0 saturated heterocycles. The van der Waals surface area contributed by atoms with E-state index in [1.54, 1.807) is 0 Å². The van der Waals surface area contributed by atoms with E-state index in [2.05, 4.69) is 59.1 Å². The lowest BCUT2D eigenvalue weighted by molar-refractivity contribution is 0.279. The van der Waals surface area contributed by atoms with E-state index in [0.29, 0.717) is 6.04 Å². The lowest BCUT2D eigenvalue weighted by Crippen LogP contribution is -2.26. The summed E-state index contributed by atoms with van der Waals surface area (Å²) in [4.78, 5) is 0. The van der Waals surface area contributed by atoms with Crippen LogP contribution in [-0.4, -0.2) is 6.54 Å². The van der Waals surface area contributed by atoms with Crippen molar-refractivity contribution in [1.29, 1.82) is 0 Å². The first-order chi connectivity index (χ1) is 9.76. The fraction of sp³-hybridized carbons (Fsp3) is 0.667. The van der Waals surface area contributed by atoms with Crippen LogP contribution in [0.5, 0.6) is 0 Å². The highest BCUT2D eigenvalue weighted by Crippen LogP contribution is 2.50. The highest BCUT2D eigenvalue weighted by molar-refractivity contribution is 14.1. The Morgan fingerprint density at radius 2 is 2.00 bits per heavy atom. The molecule has 20 heavy (non-hydrogen) atoms. The summed E-state index contributed by atoms with van der Waals surface area (Å²) in [6.07, 6.45) is 8.61. The Morgan fingerprint density at radius 1 is 1.20 bits per heavy atom. The highest BCUT2D eigenvalue weighted by Gasteiger charge is 2.40. The third-order valence-corrected chi connectivity index (χ3v) is 6.06. The zero-order valence-corrected chi connectivity index (χ0v) is 14.6. The number of halogens is 1. The third kappa shape index (κ3) is 3.38. The Bertz CT molecular complexity index is 428. The van der Waals surface area contributed by atoms with Crippen LogP contribution in [0.3, 0.4) is 0 Å². The maximum Gasteiger partial charge on any atom is 0.0322 e. The van der Waals surface area contributed by atoms with E-state index in [1.807, 2.05) is 0 Å². The summed E-state index contributed by atoms with van der Waals surface area (Å²) in [5.41, 5.74) is 1.49. The molecule has 2 aliphatic rings. The standard InChI is InChI=1S/C18H26IN/c1-2-9-20-18(14-5-7-17(19)8-6-14)12-16-11-13-3-4-15(16)10-13/h5-8,13,15-16,18,20H,2-4,9-12H2,1H3. The van der Waals surface area contributed by atoms with Gasteiger partial charge in [0.2, 0.25) is 0 Å². The van der Waals surface area contributed by atoms with Gasteiger partial charge in [-0.2, -0.15) is 0 Å². The van der Waals surface area contributed by atoms with Gasteiger partial charge in [-0.1, -0.05) is 25.5 Å². The molecular formula is C18H26IN. The Hall–Kier alpha value is -0.0900. The average Bonchev–Trinajstić information content (AvgIpc) is 3.07. The maximum atomic E-state index is 3.79. The van der Waals surface area contributed by atoms with E-state index in [4.69, 9.17) is 0 Å². The van der Waals surface area contributed by atoms with Crippen molar-refractivity contribution in [2.75, 3.05) is 6.54 Å². The molecule has 4 atom stereocenters. The molecule has 2 fully saturated rings. The quantitative estimate of drug-likeness (QED) is 0.670. The number of hydrogen-bond donors (Lipinski definition) is 1. The molecule has 0 amide bonds. The molecule has 2 heteroatoms. The molecule has 1 aromatic carbocycles. The molecular weight excluding hydrogens is 357 g/mol. The molecule has 0 heterocycles. The number of fused-ring (bicyclic) bond motifs is 2. The molecule has 2 bridgehead atoms. The predicted octanol–water partition coefficient (Wildman–Crippen LogP) is 5.16. The topological polar surface area (TPSA) is 12.0 Å². The molecule has 0 aromatic heterocycles. The maximum absolute atomic E-state index is 3.79. The van der Waals surface area contributed by atoms with Crippen LogP contribution < -0.4 is 5.32 Å². The van der Waals surface area contributed by atoms with Gasteiger partial charge in [0.25, 0.3) is 0 Å². The van der Waals surface area contributed by atoms with Crippen molar-refractivity contribution < 1.29 is 0 Å². The van der Waals surface area contributed by atoms with Gasteiger partial charge >= 0.3 is 0 Å². The van der Waals surface area contributed by atoms with Crippen molar-refractivity contribution in [3.05, 3.63) is 33.4 Å². The zero-order chi connectivity index (χ0) is 13.9. The fourth-order valence-corrected chi connectivity index (χ4v) is 4.68. The van der Waals surface area contributed by atoms with Gasteiger partial charge in [0.1, 0.15) is 0 Å². The summed E-state index contributed by atoms with van der Waals surface area (Å²) in [7, 11) is 0. The SMILES string of the molecule is CCCNC(CC1CC2CCC1C2)c1ccc(I)cc1. The molecule has 0 aliphatic heterocycles. The molecule has 2 saturated carbocycles. The number of benzene rings is 1. The number of hydrogen-bond acceptors (Lipinski definition) is 1. The monoisotopic (exact) mass is 383 g/mol. The Kier molecular flexibility index (Phi) is 5.03. The first-order valence-corrected chi connectivity index (χ1v) is 9.33. The van der Waals surface area contributed by atoms with Crippen molar-refractivity contribution in [3.63, 3.8) is 0 Å². The summed E-state index contributed by atoms with van der Waals surface area (Å²) in [5.74, 6) is 3.07. The van der Waals surface area contributed by atoms with Crippen molar-refractivity contribution in [3.8, 4) is 0 Å². The molecule has 1 N–H and O–H groups in total. The minimum Gasteiger partial charge on any atom is -0.310 e. The van der Waals surface area contributed by atoms with E-state index in [9.17, 15) is 0 Å². The Labute approximate surface area is 137 Å². The van der Waals surface area contributed by atoms with Crippen LogP contribution in [0.4, 0.5) is 0 Å². The highest BCUT2D eigenvalue weighted by atomic mass is 127. The van der Waals surface area contributed by atoms with Gasteiger partial charge in [-0.25, -0.2) is 0 Å². The Balaban J connectivity index is 1.67. The van der Waals surface area contributed by atoms with Gasteiger partial charge in [0, 0.05) is 9.61 Å². The lowest BCUT2D eigenvalue weighted by atomic mass is 9.82. The van der Waals surface area contributed by atoms with Gasteiger partial charge < -0.3 is 5.32 Å². The van der Waals surface area contributed by atoms with E-state index in [0.717, 1.165) is 24.3 Å². The minimum absolute atomic E-state index is 0.566. The van der Waals surface area contributed by atoms with Crippen LogP contribution in [0.1, 0.15) is 57.1 Å². The van der Waals surface area contributed by atoms with Gasteiger partial charge in [-0.15, -0.1) is 0 Å². The molecule has 0 spiro atoms. The molecule has 1 nitrogen and oxygen atoms in total. The number of rotatable bonds is 6. The first-order valence-electron chi connectivity index (χ1n) is 8.25. The van der Waals surface area contributed by atoms with Crippen molar-refractivity contribution >= 4 is 22.6 Å². The summed E-state index contributed by atoms with van der Waals surface area (Å²) < 4.78 is 1.33. The van der Waals surface area contributed by atoms with Gasteiger partial charge in [-0.05, 0) is 96.7 Å². The lowest BCUT2D eigenvalue weighted by Gasteiger charge is -2.28. The largest absolute Gasteiger partial charge is 0.310 e. The van der Waals surface area contributed by atoms with Crippen LogP contribution >= 0.6 is 22.6 Å². The summed E-state index contributed by atoms with van der Waals surface area (Å²) >= 11 is 2.39. The van der Waals surface area contributed by atoms with E-state index in [-0.39, 0.29) is 0 Å². The molecule has 4 unspecified atom stereocenters. The second kappa shape index (κ2) is 6.78. The normalized spacial score (nSPS) is 29.8.